The van der Waals surface area contributed by atoms with Crippen LogP contribution in [0, 0.1) is 0 Å². The van der Waals surface area contributed by atoms with Crippen molar-refractivity contribution in [1.82, 2.24) is 15.6 Å². The Hall–Kier alpha value is -2.91. The van der Waals surface area contributed by atoms with Crippen molar-refractivity contribution in [2.45, 2.75) is 31.5 Å². The standard InChI is InChI=1S/C17H22N4O5/c1-9(22)15(17(25)26)21-16(24)13(20-14(23)7-18)6-10-8-19-12-5-3-2-4-11(10)12/h2-5,8-9,13,15,19,22H,6-7,18H2,1H3,(H,20,23)(H,21,24)(H,25,26). The van der Waals surface area contributed by atoms with Crippen LogP contribution in [-0.2, 0) is 20.8 Å². The number of aliphatic hydroxyl groups is 1. The molecule has 1 aromatic heterocycles. The third-order valence-electron chi connectivity index (χ3n) is 3.98. The first-order valence-corrected chi connectivity index (χ1v) is 8.09. The molecule has 9 nitrogen and oxygen atoms in total. The Kier molecular flexibility index (Phi) is 6.31. The second-order valence-corrected chi connectivity index (χ2v) is 5.95. The zero-order chi connectivity index (χ0) is 19.3. The van der Waals surface area contributed by atoms with E-state index in [1.165, 1.54) is 6.92 Å². The molecular formula is C17H22N4O5. The number of hydrogen-bond acceptors (Lipinski definition) is 5. The quantitative estimate of drug-likeness (QED) is 0.357. The van der Waals surface area contributed by atoms with Crippen molar-refractivity contribution in [3.05, 3.63) is 36.0 Å². The summed E-state index contributed by atoms with van der Waals surface area (Å²) in [7, 11) is 0. The van der Waals surface area contributed by atoms with Crippen LogP contribution in [0.25, 0.3) is 10.9 Å². The Morgan fingerprint density at radius 2 is 1.92 bits per heavy atom. The van der Waals surface area contributed by atoms with Crippen molar-refractivity contribution in [3.63, 3.8) is 0 Å². The number of carboxylic acid groups (broad SMARTS) is 1. The largest absolute Gasteiger partial charge is 0.480 e. The van der Waals surface area contributed by atoms with Gasteiger partial charge in [-0.1, -0.05) is 18.2 Å². The zero-order valence-corrected chi connectivity index (χ0v) is 14.2. The van der Waals surface area contributed by atoms with E-state index in [1.54, 1.807) is 6.20 Å². The van der Waals surface area contributed by atoms with Crippen molar-refractivity contribution in [3.8, 4) is 0 Å². The van der Waals surface area contributed by atoms with Crippen molar-refractivity contribution < 1.29 is 24.6 Å². The van der Waals surface area contributed by atoms with Crippen LogP contribution in [-0.4, -0.2) is 57.7 Å². The molecule has 0 aliphatic heterocycles. The van der Waals surface area contributed by atoms with E-state index in [1.807, 2.05) is 24.3 Å². The number of nitrogens with one attached hydrogen (secondary N) is 3. The van der Waals surface area contributed by atoms with Gasteiger partial charge in [0.1, 0.15) is 6.04 Å². The first-order chi connectivity index (χ1) is 12.3. The molecule has 7 N–H and O–H groups in total. The second kappa shape index (κ2) is 8.45. The highest BCUT2D eigenvalue weighted by atomic mass is 16.4. The first kappa shape index (κ1) is 19.4. The van der Waals surface area contributed by atoms with E-state index < -0.39 is 36.0 Å². The minimum atomic E-state index is -1.48. The summed E-state index contributed by atoms with van der Waals surface area (Å²) in [6.07, 6.45) is 0.562. The van der Waals surface area contributed by atoms with Gasteiger partial charge in [0.2, 0.25) is 11.8 Å². The van der Waals surface area contributed by atoms with Crippen LogP contribution in [0.3, 0.4) is 0 Å². The maximum Gasteiger partial charge on any atom is 0.328 e. The van der Waals surface area contributed by atoms with E-state index in [0.29, 0.717) is 0 Å². The number of carbonyl (C=O) groups excluding carboxylic acids is 2. The van der Waals surface area contributed by atoms with Gasteiger partial charge in [0.15, 0.2) is 6.04 Å². The van der Waals surface area contributed by atoms with E-state index in [4.69, 9.17) is 10.8 Å². The SMILES string of the molecule is CC(O)C(NC(=O)C(Cc1c[nH]c2ccccc12)NC(=O)CN)C(=O)O. The topological polar surface area (TPSA) is 158 Å². The number of amides is 2. The molecule has 0 spiro atoms. The summed E-state index contributed by atoms with van der Waals surface area (Å²) in [5, 5.41) is 24.3. The van der Waals surface area contributed by atoms with Gasteiger partial charge in [0.25, 0.3) is 0 Å². The van der Waals surface area contributed by atoms with Gasteiger partial charge in [0.05, 0.1) is 12.6 Å². The van der Waals surface area contributed by atoms with Crippen LogP contribution < -0.4 is 16.4 Å². The average molecular weight is 362 g/mol. The molecule has 0 bridgehead atoms. The van der Waals surface area contributed by atoms with Gasteiger partial charge in [0, 0.05) is 23.5 Å². The minimum Gasteiger partial charge on any atom is -0.480 e. The van der Waals surface area contributed by atoms with Crippen LogP contribution in [0.15, 0.2) is 30.5 Å². The van der Waals surface area contributed by atoms with Gasteiger partial charge in [-0.3, -0.25) is 9.59 Å². The molecule has 2 amide bonds. The molecular weight excluding hydrogens is 340 g/mol. The maximum atomic E-state index is 12.5. The number of carbonyl (C=O) groups is 3. The Balaban J connectivity index is 2.23. The number of aliphatic carboxylic acids is 1. The molecule has 2 rings (SSSR count). The Morgan fingerprint density at radius 3 is 2.54 bits per heavy atom. The van der Waals surface area contributed by atoms with E-state index >= 15 is 0 Å². The van der Waals surface area contributed by atoms with E-state index in [9.17, 15) is 19.5 Å². The smallest absolute Gasteiger partial charge is 0.328 e. The molecule has 0 saturated carbocycles. The third-order valence-corrected chi connectivity index (χ3v) is 3.98. The van der Waals surface area contributed by atoms with Gasteiger partial charge in [-0.2, -0.15) is 0 Å². The summed E-state index contributed by atoms with van der Waals surface area (Å²) in [5.41, 5.74) is 6.95. The number of benzene rings is 1. The van der Waals surface area contributed by atoms with E-state index in [2.05, 4.69) is 15.6 Å². The number of aromatic amines is 1. The van der Waals surface area contributed by atoms with E-state index in [0.717, 1.165) is 16.5 Å². The summed E-state index contributed by atoms with van der Waals surface area (Å²) in [4.78, 5) is 38.5. The van der Waals surface area contributed by atoms with Gasteiger partial charge in [-0.15, -0.1) is 0 Å². The molecule has 3 unspecified atom stereocenters. The van der Waals surface area contributed by atoms with Gasteiger partial charge >= 0.3 is 5.97 Å². The summed E-state index contributed by atoms with van der Waals surface area (Å²) in [5.74, 6) is -2.64. The molecule has 0 aliphatic carbocycles. The van der Waals surface area contributed by atoms with Crippen LogP contribution >= 0.6 is 0 Å². The van der Waals surface area contributed by atoms with Crippen molar-refractivity contribution in [2.75, 3.05) is 6.54 Å². The number of carboxylic acids is 1. The summed E-state index contributed by atoms with van der Waals surface area (Å²) in [6.45, 7) is 0.947. The number of aromatic nitrogens is 1. The lowest BCUT2D eigenvalue weighted by atomic mass is 10.0. The number of rotatable bonds is 8. The Bertz CT molecular complexity index is 801. The highest BCUT2D eigenvalue weighted by Crippen LogP contribution is 2.19. The average Bonchev–Trinajstić information content (AvgIpc) is 3.01. The highest BCUT2D eigenvalue weighted by Gasteiger charge is 2.29. The monoisotopic (exact) mass is 362 g/mol. The van der Waals surface area contributed by atoms with E-state index in [-0.39, 0.29) is 13.0 Å². The number of para-hydroxylation sites is 1. The molecule has 1 aromatic carbocycles. The lowest BCUT2D eigenvalue weighted by Gasteiger charge is -2.22. The van der Waals surface area contributed by atoms with Crippen molar-refractivity contribution in [2.24, 2.45) is 5.73 Å². The molecule has 140 valence electrons. The third kappa shape index (κ3) is 4.58. The van der Waals surface area contributed by atoms with Crippen molar-refractivity contribution >= 4 is 28.7 Å². The number of aliphatic hydroxyl groups excluding tert-OH is 1. The zero-order valence-electron chi connectivity index (χ0n) is 14.2. The lowest BCUT2D eigenvalue weighted by Crippen LogP contribution is -2.56. The number of fused-ring (bicyclic) bond motifs is 1. The molecule has 0 aliphatic rings. The predicted octanol–water partition coefficient (Wildman–Crippen LogP) is -0.896. The fourth-order valence-electron chi connectivity index (χ4n) is 2.63. The highest BCUT2D eigenvalue weighted by molar-refractivity contribution is 5.92. The molecule has 26 heavy (non-hydrogen) atoms. The predicted molar refractivity (Wildman–Crippen MR) is 94.2 cm³/mol. The van der Waals surface area contributed by atoms with Gasteiger partial charge in [-0.25, -0.2) is 4.79 Å². The van der Waals surface area contributed by atoms with Crippen LogP contribution in [0.2, 0.25) is 0 Å². The van der Waals surface area contributed by atoms with Crippen LogP contribution in [0.4, 0.5) is 0 Å². The van der Waals surface area contributed by atoms with Gasteiger partial charge < -0.3 is 31.6 Å². The lowest BCUT2D eigenvalue weighted by molar-refractivity contribution is -0.145. The van der Waals surface area contributed by atoms with Gasteiger partial charge in [-0.05, 0) is 18.6 Å². The number of nitrogens with two attached hydrogens (primary N) is 1. The summed E-state index contributed by atoms with van der Waals surface area (Å²) in [6, 6.07) is 4.94. The Labute approximate surface area is 149 Å². The second-order valence-electron chi connectivity index (χ2n) is 5.95. The molecule has 0 fully saturated rings. The minimum absolute atomic E-state index is 0.133. The molecule has 0 radical (unpaired) electrons. The van der Waals surface area contributed by atoms with Crippen LogP contribution in [0.1, 0.15) is 12.5 Å². The Morgan fingerprint density at radius 1 is 1.23 bits per heavy atom. The molecule has 3 atom stereocenters. The van der Waals surface area contributed by atoms with Crippen LogP contribution in [0.5, 0.6) is 0 Å². The normalized spacial score (nSPS) is 14.4. The number of H-pyrrole nitrogens is 1. The molecule has 1 heterocycles. The summed E-state index contributed by atoms with van der Waals surface area (Å²) < 4.78 is 0. The maximum absolute atomic E-state index is 12.5. The molecule has 0 saturated heterocycles. The number of hydrogen-bond donors (Lipinski definition) is 6. The fourth-order valence-corrected chi connectivity index (χ4v) is 2.63. The molecule has 2 aromatic rings. The first-order valence-electron chi connectivity index (χ1n) is 8.09. The summed E-state index contributed by atoms with van der Waals surface area (Å²) >= 11 is 0. The van der Waals surface area contributed by atoms with Crippen molar-refractivity contribution in [1.29, 1.82) is 0 Å². The molecule has 9 heteroatoms. The fraction of sp³-hybridized carbons (Fsp3) is 0.353.